The van der Waals surface area contributed by atoms with Gasteiger partial charge in [-0.15, -0.1) is 0 Å². The van der Waals surface area contributed by atoms with Gasteiger partial charge in [-0.1, -0.05) is 24.3 Å². The molecular formula is C22H23N7O2. The van der Waals surface area contributed by atoms with Gasteiger partial charge < -0.3 is 15.4 Å². The number of aromatic nitrogens is 4. The Labute approximate surface area is 179 Å². The van der Waals surface area contributed by atoms with Gasteiger partial charge in [-0.3, -0.25) is 9.89 Å². The molecule has 158 valence electrons. The van der Waals surface area contributed by atoms with Gasteiger partial charge in [0.2, 0.25) is 5.65 Å². The second-order valence-electron chi connectivity index (χ2n) is 8.31. The van der Waals surface area contributed by atoms with Crippen molar-refractivity contribution in [2.45, 2.75) is 38.3 Å². The summed E-state index contributed by atoms with van der Waals surface area (Å²) in [5.41, 5.74) is 11.5. The van der Waals surface area contributed by atoms with Crippen LogP contribution in [0.15, 0.2) is 24.3 Å². The van der Waals surface area contributed by atoms with Gasteiger partial charge in [0.1, 0.15) is 17.8 Å². The highest BCUT2D eigenvalue weighted by Crippen LogP contribution is 2.51. The van der Waals surface area contributed by atoms with Gasteiger partial charge in [-0.25, -0.2) is 9.97 Å². The molecule has 1 saturated heterocycles. The van der Waals surface area contributed by atoms with E-state index in [0.717, 1.165) is 32.4 Å². The van der Waals surface area contributed by atoms with Gasteiger partial charge in [0.25, 0.3) is 6.47 Å². The molecule has 9 heteroatoms. The second-order valence-corrected chi connectivity index (χ2v) is 8.31. The number of nitrogens with zero attached hydrogens (tertiary/aromatic N) is 5. The molecule has 0 saturated carbocycles. The van der Waals surface area contributed by atoms with E-state index in [9.17, 15) is 4.79 Å². The van der Waals surface area contributed by atoms with Crippen molar-refractivity contribution in [1.29, 1.82) is 5.26 Å². The molecule has 1 fully saturated rings. The number of fused-ring (bicyclic) bond motifs is 2. The maximum atomic E-state index is 10.8. The van der Waals surface area contributed by atoms with Gasteiger partial charge in [-0.2, -0.15) is 10.4 Å². The van der Waals surface area contributed by atoms with E-state index in [1.165, 1.54) is 11.1 Å². The van der Waals surface area contributed by atoms with Gasteiger partial charge in [0.15, 0.2) is 5.82 Å². The molecule has 1 spiro atoms. The van der Waals surface area contributed by atoms with Crippen LogP contribution in [0.1, 0.15) is 41.4 Å². The van der Waals surface area contributed by atoms with Crippen molar-refractivity contribution in [1.82, 2.24) is 20.2 Å². The van der Waals surface area contributed by atoms with Crippen LogP contribution in [0.25, 0.3) is 11.2 Å². The Bertz CT molecular complexity index is 1170. The zero-order valence-electron chi connectivity index (χ0n) is 17.0. The van der Waals surface area contributed by atoms with Crippen LogP contribution in [0.3, 0.4) is 0 Å². The Morgan fingerprint density at radius 3 is 2.87 bits per heavy atom. The molecule has 3 N–H and O–H groups in total. The van der Waals surface area contributed by atoms with Gasteiger partial charge in [-0.05, 0) is 35.8 Å². The number of hydrogen-bond donors (Lipinski definition) is 2. The summed E-state index contributed by atoms with van der Waals surface area (Å²) in [5.74, 6) is 0.670. The first kappa shape index (κ1) is 19.5. The first-order chi connectivity index (χ1) is 15.1. The van der Waals surface area contributed by atoms with Crippen molar-refractivity contribution in [3.63, 3.8) is 0 Å². The number of nitrogens with two attached hydrogens (primary N) is 1. The normalized spacial score (nSPS) is 19.4. The van der Waals surface area contributed by atoms with Crippen LogP contribution in [-0.4, -0.2) is 39.7 Å². The van der Waals surface area contributed by atoms with Crippen LogP contribution < -0.4 is 10.6 Å². The average Bonchev–Trinajstić information content (AvgIpc) is 3.31. The molecule has 0 bridgehead atoms. The van der Waals surface area contributed by atoms with E-state index < -0.39 is 0 Å². The standard InChI is InChI=1S/C22H23N7O2/c23-8-5-16-18-20(28-27-16)26-21(17(25-18)12-31-13-30)29-9-6-22(7-10-29)11-14-3-1-2-4-15(14)19(22)24/h1-4,13,19H,5-7,9-12,24H2,(H,26,27,28)/t19-/m1/s1. The molecule has 3 aromatic rings. The molecule has 31 heavy (non-hydrogen) atoms. The predicted octanol–water partition coefficient (Wildman–Crippen LogP) is 1.93. The Morgan fingerprint density at radius 1 is 1.32 bits per heavy atom. The van der Waals surface area contributed by atoms with E-state index >= 15 is 0 Å². The largest absolute Gasteiger partial charge is 0.461 e. The van der Waals surface area contributed by atoms with Crippen LogP contribution in [0.5, 0.6) is 0 Å². The van der Waals surface area contributed by atoms with E-state index in [2.05, 4.69) is 50.4 Å². The summed E-state index contributed by atoms with van der Waals surface area (Å²) >= 11 is 0. The number of H-pyrrole nitrogens is 1. The van der Waals surface area contributed by atoms with E-state index in [1.807, 2.05) is 0 Å². The maximum Gasteiger partial charge on any atom is 0.293 e. The number of benzene rings is 1. The fraction of sp³-hybridized carbons (Fsp3) is 0.409. The summed E-state index contributed by atoms with van der Waals surface area (Å²) in [6, 6.07) is 10.6. The summed E-state index contributed by atoms with van der Waals surface area (Å²) in [4.78, 5) is 22.3. The van der Waals surface area contributed by atoms with Crippen LogP contribution in [0, 0.1) is 16.7 Å². The number of anilines is 1. The third-order valence-electron chi connectivity index (χ3n) is 6.71. The minimum atomic E-state index is 0.0194. The lowest BCUT2D eigenvalue weighted by molar-refractivity contribution is -0.129. The third-order valence-corrected chi connectivity index (χ3v) is 6.71. The Morgan fingerprint density at radius 2 is 2.13 bits per heavy atom. The minimum absolute atomic E-state index is 0.0194. The zero-order valence-corrected chi connectivity index (χ0v) is 17.0. The van der Waals surface area contributed by atoms with E-state index in [4.69, 9.17) is 20.7 Å². The molecule has 0 unspecified atom stereocenters. The first-order valence-electron chi connectivity index (χ1n) is 10.4. The highest BCUT2D eigenvalue weighted by Gasteiger charge is 2.46. The Balaban J connectivity index is 1.43. The molecule has 9 nitrogen and oxygen atoms in total. The van der Waals surface area contributed by atoms with Crippen LogP contribution in [0.4, 0.5) is 5.82 Å². The van der Waals surface area contributed by atoms with Crippen molar-refractivity contribution >= 4 is 23.5 Å². The SMILES string of the molecule is N#CCc1[nH]nc2nc(N3CCC4(CC3)Cc3ccccc3[C@H]4N)c(COC=O)nc12. The maximum absolute atomic E-state index is 10.8. The van der Waals surface area contributed by atoms with Crippen LogP contribution in [-0.2, 0) is 29.0 Å². The molecule has 2 aliphatic rings. The van der Waals surface area contributed by atoms with Crippen molar-refractivity contribution < 1.29 is 9.53 Å². The Hall–Kier alpha value is -3.51. The topological polar surface area (TPSA) is 134 Å². The van der Waals surface area contributed by atoms with E-state index in [1.54, 1.807) is 0 Å². The van der Waals surface area contributed by atoms with Crippen molar-refractivity contribution in [3.8, 4) is 6.07 Å². The fourth-order valence-corrected chi connectivity index (χ4v) is 5.04. The van der Waals surface area contributed by atoms with Gasteiger partial charge >= 0.3 is 0 Å². The molecule has 2 aromatic heterocycles. The zero-order chi connectivity index (χ0) is 21.4. The van der Waals surface area contributed by atoms with Gasteiger partial charge in [0, 0.05) is 19.1 Å². The molecule has 0 radical (unpaired) electrons. The number of hydrogen-bond acceptors (Lipinski definition) is 8. The predicted molar refractivity (Wildman–Crippen MR) is 113 cm³/mol. The number of rotatable bonds is 5. The molecule has 5 rings (SSSR count). The average molecular weight is 417 g/mol. The summed E-state index contributed by atoms with van der Waals surface area (Å²) in [6.07, 6.45) is 3.04. The molecule has 1 aliphatic heterocycles. The lowest BCUT2D eigenvalue weighted by Gasteiger charge is -2.42. The smallest absolute Gasteiger partial charge is 0.293 e. The van der Waals surface area contributed by atoms with E-state index in [-0.39, 0.29) is 24.5 Å². The molecule has 3 heterocycles. The number of carbonyl (C=O) groups is 1. The lowest BCUT2D eigenvalue weighted by Crippen LogP contribution is -2.45. The Kier molecular flexibility index (Phi) is 4.79. The summed E-state index contributed by atoms with van der Waals surface area (Å²) in [6.45, 7) is 1.99. The third kappa shape index (κ3) is 3.20. The lowest BCUT2D eigenvalue weighted by atomic mass is 9.73. The second kappa shape index (κ2) is 7.63. The van der Waals surface area contributed by atoms with E-state index in [0.29, 0.717) is 34.8 Å². The summed E-state index contributed by atoms with van der Waals surface area (Å²) in [7, 11) is 0. The van der Waals surface area contributed by atoms with Crippen LogP contribution in [0.2, 0.25) is 0 Å². The highest BCUT2D eigenvalue weighted by atomic mass is 16.5. The van der Waals surface area contributed by atoms with Crippen molar-refractivity contribution in [3.05, 3.63) is 46.8 Å². The first-order valence-corrected chi connectivity index (χ1v) is 10.4. The molecule has 1 aromatic carbocycles. The number of ether oxygens (including phenoxy) is 1. The molecule has 1 atom stereocenters. The quantitative estimate of drug-likeness (QED) is 0.602. The number of nitriles is 1. The molecular weight excluding hydrogens is 394 g/mol. The number of aromatic amines is 1. The fourth-order valence-electron chi connectivity index (χ4n) is 5.04. The van der Waals surface area contributed by atoms with Crippen molar-refractivity contribution in [2.24, 2.45) is 11.1 Å². The summed E-state index contributed by atoms with van der Waals surface area (Å²) < 4.78 is 5.00. The van der Waals surface area contributed by atoms with Crippen LogP contribution >= 0.6 is 0 Å². The van der Waals surface area contributed by atoms with Crippen molar-refractivity contribution in [2.75, 3.05) is 18.0 Å². The minimum Gasteiger partial charge on any atom is -0.461 e. The monoisotopic (exact) mass is 417 g/mol. The van der Waals surface area contributed by atoms with Gasteiger partial charge in [0.05, 0.1) is 18.2 Å². The number of carbonyl (C=O) groups excluding carboxylic acids is 1. The molecule has 0 amide bonds. The number of nitrogens with one attached hydrogen (secondary N) is 1. The molecule has 1 aliphatic carbocycles. The highest BCUT2D eigenvalue weighted by molar-refractivity contribution is 5.75. The summed E-state index contributed by atoms with van der Waals surface area (Å²) in [5, 5.41) is 16.1. The number of piperidine rings is 1.